The average molecular weight is 180 g/mol. The highest BCUT2D eigenvalue weighted by Gasteiger charge is 2.22. The van der Waals surface area contributed by atoms with Crippen molar-refractivity contribution in [2.75, 3.05) is 18.8 Å². The maximum Gasteiger partial charge on any atom is 0.224 e. The van der Waals surface area contributed by atoms with Crippen LogP contribution in [0.3, 0.4) is 0 Å². The van der Waals surface area contributed by atoms with Crippen LogP contribution in [0.25, 0.3) is 0 Å². The molecule has 0 aromatic carbocycles. The van der Waals surface area contributed by atoms with E-state index in [1.165, 1.54) is 0 Å². The van der Waals surface area contributed by atoms with Gasteiger partial charge in [0.25, 0.3) is 0 Å². The van der Waals surface area contributed by atoms with Gasteiger partial charge in [0.1, 0.15) is 0 Å². The number of hydrogen-bond acceptors (Lipinski definition) is 3. The van der Waals surface area contributed by atoms with Gasteiger partial charge in [0, 0.05) is 25.7 Å². The van der Waals surface area contributed by atoms with Crippen molar-refractivity contribution in [3.05, 3.63) is 12.4 Å². The van der Waals surface area contributed by atoms with E-state index in [0.29, 0.717) is 12.1 Å². The summed E-state index contributed by atoms with van der Waals surface area (Å²) in [4.78, 5) is 12.7. The lowest BCUT2D eigenvalue weighted by Gasteiger charge is -2.30. The minimum Gasteiger partial charge on any atom is -0.396 e. The van der Waals surface area contributed by atoms with E-state index in [4.69, 9.17) is 5.73 Å². The first-order chi connectivity index (χ1) is 6.25. The Morgan fingerprint density at radius 2 is 2.38 bits per heavy atom. The fourth-order valence-electron chi connectivity index (χ4n) is 1.32. The molecule has 5 heteroatoms. The molecule has 0 bridgehead atoms. The van der Waals surface area contributed by atoms with Crippen molar-refractivity contribution < 1.29 is 4.79 Å². The van der Waals surface area contributed by atoms with Crippen LogP contribution in [0.4, 0.5) is 5.69 Å². The summed E-state index contributed by atoms with van der Waals surface area (Å²) in [7, 11) is 0. The lowest BCUT2D eigenvalue weighted by molar-refractivity contribution is -0.139. The van der Waals surface area contributed by atoms with Crippen LogP contribution in [-0.4, -0.2) is 33.7 Å². The maximum atomic E-state index is 10.9. The van der Waals surface area contributed by atoms with Gasteiger partial charge in [-0.25, -0.2) is 0 Å². The molecular formula is C8H12N4O. The molecule has 2 heterocycles. The summed E-state index contributed by atoms with van der Waals surface area (Å²) in [5.74, 6) is 0.236. The van der Waals surface area contributed by atoms with Gasteiger partial charge in [0.15, 0.2) is 0 Å². The Balaban J connectivity index is 1.82. The molecule has 0 atom stereocenters. The van der Waals surface area contributed by atoms with Crippen LogP contribution in [0.2, 0.25) is 0 Å². The fraction of sp³-hybridized carbons (Fsp3) is 0.500. The highest BCUT2D eigenvalue weighted by atomic mass is 16.2. The van der Waals surface area contributed by atoms with Gasteiger partial charge in [-0.1, -0.05) is 0 Å². The Kier molecular flexibility index (Phi) is 1.92. The number of β-lactam (4-membered cyclic amide) rings is 1. The fourth-order valence-corrected chi connectivity index (χ4v) is 1.32. The molecule has 13 heavy (non-hydrogen) atoms. The lowest BCUT2D eigenvalue weighted by atomic mass is 10.2. The number of anilines is 1. The van der Waals surface area contributed by atoms with Crippen molar-refractivity contribution in [2.24, 2.45) is 0 Å². The molecule has 0 unspecified atom stereocenters. The number of rotatable bonds is 3. The molecule has 0 saturated carbocycles. The number of likely N-dealkylation sites (tertiary alicyclic amines) is 1. The molecule has 1 aromatic rings. The van der Waals surface area contributed by atoms with Crippen molar-refractivity contribution in [3.8, 4) is 0 Å². The monoisotopic (exact) mass is 180 g/mol. The number of carbonyl (C=O) groups excluding carboxylic acids is 1. The molecule has 70 valence electrons. The molecule has 1 aliphatic heterocycles. The van der Waals surface area contributed by atoms with Gasteiger partial charge in [0.2, 0.25) is 5.91 Å². The standard InChI is InChI=1S/C8H12N4O/c9-7-5-10-12(6-7)4-3-11-2-1-8(11)13/h5-6H,1-4,9H2. The number of hydrogen-bond donors (Lipinski definition) is 1. The van der Waals surface area contributed by atoms with Crippen molar-refractivity contribution >= 4 is 11.6 Å². The van der Waals surface area contributed by atoms with E-state index in [1.807, 2.05) is 4.90 Å². The molecule has 5 nitrogen and oxygen atoms in total. The zero-order chi connectivity index (χ0) is 9.26. The smallest absolute Gasteiger partial charge is 0.224 e. The van der Waals surface area contributed by atoms with E-state index in [0.717, 1.165) is 19.6 Å². The van der Waals surface area contributed by atoms with Crippen molar-refractivity contribution in [2.45, 2.75) is 13.0 Å². The van der Waals surface area contributed by atoms with Gasteiger partial charge >= 0.3 is 0 Å². The number of aromatic nitrogens is 2. The van der Waals surface area contributed by atoms with Crippen molar-refractivity contribution in [3.63, 3.8) is 0 Å². The van der Waals surface area contributed by atoms with Gasteiger partial charge in [0.05, 0.1) is 18.4 Å². The third-order valence-electron chi connectivity index (χ3n) is 2.20. The second kappa shape index (κ2) is 3.08. The summed E-state index contributed by atoms with van der Waals surface area (Å²) in [6.07, 6.45) is 4.07. The third-order valence-corrected chi connectivity index (χ3v) is 2.20. The van der Waals surface area contributed by atoms with E-state index in [2.05, 4.69) is 5.10 Å². The molecule has 2 rings (SSSR count). The normalized spacial score (nSPS) is 16.0. The molecule has 2 N–H and O–H groups in total. The largest absolute Gasteiger partial charge is 0.396 e. The molecule has 1 aromatic heterocycles. The van der Waals surface area contributed by atoms with Crippen LogP contribution < -0.4 is 5.73 Å². The van der Waals surface area contributed by atoms with E-state index in [-0.39, 0.29) is 5.91 Å². The summed E-state index contributed by atoms with van der Waals surface area (Å²) in [6, 6.07) is 0. The number of amides is 1. The van der Waals surface area contributed by atoms with E-state index in [9.17, 15) is 4.79 Å². The van der Waals surface area contributed by atoms with E-state index >= 15 is 0 Å². The van der Waals surface area contributed by atoms with Crippen LogP contribution in [0.5, 0.6) is 0 Å². The summed E-state index contributed by atoms with van der Waals surface area (Å²) in [5, 5.41) is 4.02. The number of nitrogens with zero attached hydrogens (tertiary/aromatic N) is 3. The minimum atomic E-state index is 0.236. The van der Waals surface area contributed by atoms with Gasteiger partial charge in [-0.05, 0) is 0 Å². The van der Waals surface area contributed by atoms with Gasteiger partial charge in [-0.2, -0.15) is 5.10 Å². The first kappa shape index (κ1) is 8.10. The van der Waals surface area contributed by atoms with Gasteiger partial charge in [-0.3, -0.25) is 9.48 Å². The average Bonchev–Trinajstić information content (AvgIpc) is 2.49. The quantitative estimate of drug-likeness (QED) is 0.649. The Morgan fingerprint density at radius 1 is 1.54 bits per heavy atom. The number of carbonyl (C=O) groups is 1. The van der Waals surface area contributed by atoms with E-state index in [1.54, 1.807) is 17.1 Å². The minimum absolute atomic E-state index is 0.236. The first-order valence-corrected chi connectivity index (χ1v) is 4.31. The summed E-state index contributed by atoms with van der Waals surface area (Å²) >= 11 is 0. The van der Waals surface area contributed by atoms with Crippen LogP contribution in [0, 0.1) is 0 Å². The van der Waals surface area contributed by atoms with Crippen LogP contribution >= 0.6 is 0 Å². The van der Waals surface area contributed by atoms with Crippen LogP contribution in [0.1, 0.15) is 6.42 Å². The summed E-state index contributed by atoms with van der Waals surface area (Å²) < 4.78 is 1.75. The predicted molar refractivity (Wildman–Crippen MR) is 47.8 cm³/mol. The van der Waals surface area contributed by atoms with E-state index < -0.39 is 0 Å². The Hall–Kier alpha value is -1.52. The highest BCUT2D eigenvalue weighted by Crippen LogP contribution is 2.08. The first-order valence-electron chi connectivity index (χ1n) is 4.31. The summed E-state index contributed by atoms with van der Waals surface area (Å²) in [5.41, 5.74) is 6.16. The maximum absolute atomic E-state index is 10.9. The zero-order valence-electron chi connectivity index (χ0n) is 7.31. The van der Waals surface area contributed by atoms with Crippen LogP contribution in [0.15, 0.2) is 12.4 Å². The Labute approximate surface area is 76.1 Å². The Bertz CT molecular complexity index is 320. The lowest BCUT2D eigenvalue weighted by Crippen LogP contribution is -2.44. The molecule has 0 aliphatic carbocycles. The number of nitrogen functional groups attached to an aromatic ring is 1. The topological polar surface area (TPSA) is 64.2 Å². The molecule has 1 saturated heterocycles. The van der Waals surface area contributed by atoms with Crippen molar-refractivity contribution in [1.82, 2.24) is 14.7 Å². The molecule has 1 fully saturated rings. The molecule has 0 spiro atoms. The number of nitrogens with two attached hydrogens (primary N) is 1. The molecule has 0 radical (unpaired) electrons. The SMILES string of the molecule is Nc1cnn(CCN2CCC2=O)c1. The predicted octanol–water partition coefficient (Wildman–Crippen LogP) is -0.302. The summed E-state index contributed by atoms with van der Waals surface area (Å²) in [6.45, 7) is 2.35. The Morgan fingerprint density at radius 3 is 2.85 bits per heavy atom. The zero-order valence-corrected chi connectivity index (χ0v) is 7.31. The molecule has 1 amide bonds. The van der Waals surface area contributed by atoms with Gasteiger partial charge in [-0.15, -0.1) is 0 Å². The van der Waals surface area contributed by atoms with Crippen LogP contribution in [-0.2, 0) is 11.3 Å². The second-order valence-electron chi connectivity index (χ2n) is 3.17. The molecular weight excluding hydrogens is 168 g/mol. The second-order valence-corrected chi connectivity index (χ2v) is 3.17. The highest BCUT2D eigenvalue weighted by molar-refractivity contribution is 5.81. The third kappa shape index (κ3) is 1.63. The van der Waals surface area contributed by atoms with Crippen molar-refractivity contribution in [1.29, 1.82) is 0 Å². The van der Waals surface area contributed by atoms with Gasteiger partial charge < -0.3 is 10.6 Å². The molecule has 1 aliphatic rings.